The molecule has 43 heavy (non-hydrogen) atoms. The van der Waals surface area contributed by atoms with E-state index in [0.717, 1.165) is 70.6 Å². The summed E-state index contributed by atoms with van der Waals surface area (Å²) in [5.74, 6) is 1.64. The summed E-state index contributed by atoms with van der Waals surface area (Å²) in [7, 11) is 0. The van der Waals surface area contributed by atoms with Gasteiger partial charge in [-0.25, -0.2) is 4.79 Å². The fourth-order valence-electron chi connectivity index (χ4n) is 12.5. The van der Waals surface area contributed by atoms with Crippen LogP contribution in [0.15, 0.2) is 11.6 Å². The molecule has 6 aliphatic rings. The summed E-state index contributed by atoms with van der Waals surface area (Å²) < 4.78 is 11.6. The van der Waals surface area contributed by atoms with Gasteiger partial charge in [-0.2, -0.15) is 0 Å². The maximum atomic E-state index is 14.2. The van der Waals surface area contributed by atoms with Gasteiger partial charge in [0, 0.05) is 0 Å². The third-order valence-corrected chi connectivity index (χ3v) is 15.5. The van der Waals surface area contributed by atoms with Crippen LogP contribution >= 0.6 is 0 Å². The Balaban J connectivity index is 1.29. The summed E-state index contributed by atoms with van der Waals surface area (Å²) in [6.45, 7) is 16.8. The van der Waals surface area contributed by atoms with E-state index >= 15 is 0 Å². The van der Waals surface area contributed by atoms with E-state index in [2.05, 4.69) is 54.5 Å². The van der Waals surface area contributed by atoms with Gasteiger partial charge in [-0.3, -0.25) is 4.79 Å². The number of fused-ring (bicyclic) bond motifs is 7. The standard InChI is InChI=1S/C38H60O5/c1-24-15-20-38(33(41)42-23-31(40)43-26-11-9-8-10-12-26)22-21-36(6)27(32(38)25(24)2)13-14-29-35(5)18-17-30(39)34(3,4)28(35)16-19-37(29,36)7/h13,24-26,28-30,32,39H,8-12,14-23H2,1-7H3/t24-,25+,28+,29-,30+,32+,35+,36-,37-,38+/m1/s1. The maximum absolute atomic E-state index is 14.2. The molecule has 0 bridgehead atoms. The molecule has 6 aliphatic carbocycles. The smallest absolute Gasteiger partial charge is 0.344 e. The molecule has 0 aromatic rings. The van der Waals surface area contributed by atoms with E-state index in [4.69, 9.17) is 9.47 Å². The van der Waals surface area contributed by atoms with Crippen molar-refractivity contribution in [2.45, 2.75) is 151 Å². The number of carbonyl (C=O) groups excluding carboxylic acids is 2. The molecule has 0 heterocycles. The molecule has 242 valence electrons. The second-order valence-corrected chi connectivity index (χ2v) is 17.5. The Labute approximate surface area is 261 Å². The van der Waals surface area contributed by atoms with Crippen LogP contribution in [0.4, 0.5) is 0 Å². The van der Waals surface area contributed by atoms with Gasteiger partial charge in [0.05, 0.1) is 11.5 Å². The van der Waals surface area contributed by atoms with E-state index < -0.39 is 5.41 Å². The lowest BCUT2D eigenvalue weighted by Gasteiger charge is -2.71. The summed E-state index contributed by atoms with van der Waals surface area (Å²) in [4.78, 5) is 26.9. The first kappa shape index (κ1) is 31.6. The van der Waals surface area contributed by atoms with Crippen LogP contribution in [0, 0.1) is 56.7 Å². The Morgan fingerprint density at radius 2 is 1.58 bits per heavy atom. The van der Waals surface area contributed by atoms with Crippen LogP contribution in [0.3, 0.4) is 0 Å². The first-order valence-corrected chi connectivity index (χ1v) is 18.0. The average Bonchev–Trinajstić information content (AvgIpc) is 2.96. The van der Waals surface area contributed by atoms with E-state index in [1.54, 1.807) is 0 Å². The predicted octanol–water partition coefficient (Wildman–Crippen LogP) is 8.42. The lowest BCUT2D eigenvalue weighted by atomic mass is 9.33. The monoisotopic (exact) mass is 596 g/mol. The molecule has 10 atom stereocenters. The second-order valence-electron chi connectivity index (χ2n) is 17.5. The lowest BCUT2D eigenvalue weighted by molar-refractivity contribution is -0.208. The van der Waals surface area contributed by atoms with E-state index in [0.29, 0.717) is 23.7 Å². The quantitative estimate of drug-likeness (QED) is 0.260. The molecule has 0 aliphatic heterocycles. The van der Waals surface area contributed by atoms with Crippen molar-refractivity contribution in [3.63, 3.8) is 0 Å². The molecular formula is C38H60O5. The van der Waals surface area contributed by atoms with Gasteiger partial charge in [-0.05, 0) is 135 Å². The summed E-state index contributed by atoms with van der Waals surface area (Å²) in [5, 5.41) is 11.0. The third-order valence-electron chi connectivity index (χ3n) is 15.5. The van der Waals surface area contributed by atoms with Gasteiger partial charge in [-0.15, -0.1) is 0 Å². The summed E-state index contributed by atoms with van der Waals surface area (Å²) in [6, 6.07) is 0. The number of esters is 2. The van der Waals surface area contributed by atoms with Crippen molar-refractivity contribution in [2.24, 2.45) is 56.7 Å². The molecule has 0 spiro atoms. The van der Waals surface area contributed by atoms with Gasteiger partial charge >= 0.3 is 11.9 Å². The molecule has 0 amide bonds. The van der Waals surface area contributed by atoms with Gasteiger partial charge in [0.1, 0.15) is 6.10 Å². The Kier molecular flexibility index (Phi) is 7.99. The van der Waals surface area contributed by atoms with Gasteiger partial charge in [-0.1, -0.05) is 66.5 Å². The highest BCUT2D eigenvalue weighted by Gasteiger charge is 2.69. The number of hydrogen-bond acceptors (Lipinski definition) is 5. The number of carbonyl (C=O) groups is 2. The van der Waals surface area contributed by atoms with Crippen molar-refractivity contribution in [3.05, 3.63) is 11.6 Å². The van der Waals surface area contributed by atoms with Crippen molar-refractivity contribution < 1.29 is 24.2 Å². The summed E-state index contributed by atoms with van der Waals surface area (Å²) >= 11 is 0. The highest BCUT2D eigenvalue weighted by molar-refractivity contribution is 5.82. The van der Waals surface area contributed by atoms with E-state index in [1.165, 1.54) is 24.8 Å². The molecular weight excluding hydrogens is 536 g/mol. The van der Waals surface area contributed by atoms with Crippen molar-refractivity contribution in [1.29, 1.82) is 0 Å². The maximum Gasteiger partial charge on any atom is 0.344 e. The van der Waals surface area contributed by atoms with Crippen LogP contribution in [0.2, 0.25) is 0 Å². The second kappa shape index (κ2) is 10.9. The summed E-state index contributed by atoms with van der Waals surface area (Å²) in [5.41, 5.74) is 1.30. The fourth-order valence-corrected chi connectivity index (χ4v) is 12.5. The van der Waals surface area contributed by atoms with Gasteiger partial charge in [0.15, 0.2) is 6.61 Å². The molecule has 5 saturated carbocycles. The van der Waals surface area contributed by atoms with Crippen molar-refractivity contribution in [2.75, 3.05) is 6.61 Å². The highest BCUT2D eigenvalue weighted by Crippen LogP contribution is 2.75. The molecule has 5 heteroatoms. The molecule has 0 radical (unpaired) electrons. The largest absolute Gasteiger partial charge is 0.460 e. The van der Waals surface area contributed by atoms with Gasteiger partial charge < -0.3 is 14.6 Å². The Bertz CT molecular complexity index is 1140. The molecule has 6 rings (SSSR count). The number of aliphatic hydroxyl groups is 1. The minimum absolute atomic E-state index is 0.0205. The lowest BCUT2D eigenvalue weighted by Crippen LogP contribution is -2.65. The van der Waals surface area contributed by atoms with Crippen molar-refractivity contribution in [3.8, 4) is 0 Å². The minimum atomic E-state index is -0.552. The normalized spacial score (nSPS) is 47.6. The van der Waals surface area contributed by atoms with E-state index in [9.17, 15) is 14.7 Å². The zero-order valence-corrected chi connectivity index (χ0v) is 28.3. The zero-order valence-electron chi connectivity index (χ0n) is 28.3. The molecule has 5 fully saturated rings. The van der Waals surface area contributed by atoms with Crippen molar-refractivity contribution in [1.82, 2.24) is 0 Å². The minimum Gasteiger partial charge on any atom is -0.460 e. The molecule has 5 nitrogen and oxygen atoms in total. The van der Waals surface area contributed by atoms with Crippen LogP contribution in [-0.4, -0.2) is 35.9 Å². The fraction of sp³-hybridized carbons (Fsp3) is 0.895. The van der Waals surface area contributed by atoms with Crippen LogP contribution in [-0.2, 0) is 19.1 Å². The number of allylic oxidation sites excluding steroid dienone is 2. The topological polar surface area (TPSA) is 72.8 Å². The van der Waals surface area contributed by atoms with Gasteiger partial charge in [0.2, 0.25) is 0 Å². The first-order valence-electron chi connectivity index (χ1n) is 18.0. The average molecular weight is 597 g/mol. The first-order chi connectivity index (χ1) is 20.2. The van der Waals surface area contributed by atoms with E-state index in [1.807, 2.05) is 0 Å². The molecule has 1 N–H and O–H groups in total. The number of aliphatic hydroxyl groups excluding tert-OH is 1. The van der Waals surface area contributed by atoms with Crippen molar-refractivity contribution >= 4 is 11.9 Å². The Hall–Kier alpha value is -1.36. The van der Waals surface area contributed by atoms with Crippen LogP contribution < -0.4 is 0 Å². The zero-order chi connectivity index (χ0) is 31.0. The van der Waals surface area contributed by atoms with Crippen LogP contribution in [0.25, 0.3) is 0 Å². The number of hydrogen-bond donors (Lipinski definition) is 1. The SMILES string of the molecule is C[C@H]1[C@H](C)CC[C@]2(C(=O)OCC(=O)OC3CCCCC3)CC[C@]3(C)C(=CC[C@@H]4[C@@]5(C)CC[C@H](O)C(C)(C)[C@@H]5CC[C@]43C)[C@H]12. The van der Waals surface area contributed by atoms with E-state index in [-0.39, 0.29) is 58.3 Å². The van der Waals surface area contributed by atoms with Gasteiger partial charge in [0.25, 0.3) is 0 Å². The predicted molar refractivity (Wildman–Crippen MR) is 169 cm³/mol. The number of ether oxygens (including phenoxy) is 2. The molecule has 0 aromatic carbocycles. The molecule has 0 aromatic heterocycles. The van der Waals surface area contributed by atoms with Crippen LogP contribution in [0.5, 0.6) is 0 Å². The Morgan fingerprint density at radius 3 is 2.30 bits per heavy atom. The highest BCUT2D eigenvalue weighted by atomic mass is 16.6. The summed E-state index contributed by atoms with van der Waals surface area (Å²) in [6.07, 6.45) is 16.7. The molecule has 0 unspecified atom stereocenters. The van der Waals surface area contributed by atoms with Crippen LogP contribution in [0.1, 0.15) is 138 Å². The Morgan fingerprint density at radius 1 is 0.860 bits per heavy atom. The number of rotatable bonds is 4. The molecule has 0 saturated heterocycles. The third kappa shape index (κ3) is 4.62.